The van der Waals surface area contributed by atoms with Crippen molar-refractivity contribution in [2.45, 2.75) is 11.3 Å². The van der Waals surface area contributed by atoms with Gasteiger partial charge in [0.15, 0.2) is 8.29 Å². The summed E-state index contributed by atoms with van der Waals surface area (Å²) in [5.74, 6) is -0.684. The number of amides is 2. The maximum Gasteiger partial charge on any atom is 0.257 e. The molecule has 2 amide bonds. The maximum atomic E-state index is 12.0. The SMILES string of the molecule is Cc1ccccc1-n1nc(SCC(=O)NC(=O)c2ccccc2)sc1=S. The highest BCUT2D eigenvalue weighted by Gasteiger charge is 2.13. The van der Waals surface area contributed by atoms with Crippen molar-refractivity contribution < 1.29 is 9.59 Å². The lowest BCUT2D eigenvalue weighted by molar-refractivity contribution is -0.117. The Bertz CT molecular complexity index is 996. The number of aromatic nitrogens is 2. The quantitative estimate of drug-likeness (QED) is 0.517. The summed E-state index contributed by atoms with van der Waals surface area (Å²) >= 11 is 7.98. The van der Waals surface area contributed by atoms with Crippen LogP contribution in [0, 0.1) is 10.9 Å². The fourth-order valence-corrected chi connectivity index (χ4v) is 4.37. The highest BCUT2D eigenvalue weighted by Crippen LogP contribution is 2.25. The monoisotopic (exact) mass is 401 g/mol. The van der Waals surface area contributed by atoms with Gasteiger partial charge >= 0.3 is 0 Å². The van der Waals surface area contributed by atoms with Crippen LogP contribution in [0.2, 0.25) is 0 Å². The minimum absolute atomic E-state index is 0.0919. The molecule has 0 aliphatic heterocycles. The van der Waals surface area contributed by atoms with Gasteiger partial charge in [-0.3, -0.25) is 14.9 Å². The minimum atomic E-state index is -0.408. The predicted molar refractivity (Wildman–Crippen MR) is 107 cm³/mol. The Labute approximate surface area is 164 Å². The molecule has 2 aromatic carbocycles. The number of nitrogens with one attached hydrogen (secondary N) is 1. The van der Waals surface area contributed by atoms with E-state index in [-0.39, 0.29) is 11.7 Å². The molecule has 5 nitrogen and oxygen atoms in total. The standard InChI is InChI=1S/C18H15N3O2S3/c1-12-7-5-6-10-14(12)21-18(24)26-17(20-21)25-11-15(22)19-16(23)13-8-3-2-4-9-13/h2-10H,11H2,1H3,(H,19,22,23). The second-order valence-corrected chi connectivity index (χ2v) is 8.21. The van der Waals surface area contributed by atoms with Crippen molar-refractivity contribution in [3.63, 3.8) is 0 Å². The molecule has 0 atom stereocenters. The largest absolute Gasteiger partial charge is 0.292 e. The summed E-state index contributed by atoms with van der Waals surface area (Å²) in [6, 6.07) is 16.5. The van der Waals surface area contributed by atoms with Crippen LogP contribution in [-0.4, -0.2) is 27.3 Å². The number of carbonyl (C=O) groups is 2. The van der Waals surface area contributed by atoms with Gasteiger partial charge in [-0.2, -0.15) is 0 Å². The molecule has 0 spiro atoms. The Morgan fingerprint density at radius 3 is 2.58 bits per heavy atom. The van der Waals surface area contributed by atoms with Gasteiger partial charge in [-0.05, 0) is 42.9 Å². The van der Waals surface area contributed by atoms with Gasteiger partial charge < -0.3 is 0 Å². The van der Waals surface area contributed by atoms with Crippen LogP contribution >= 0.6 is 35.3 Å². The van der Waals surface area contributed by atoms with Crippen LogP contribution in [-0.2, 0) is 4.79 Å². The van der Waals surface area contributed by atoms with Crippen molar-refractivity contribution in [2.24, 2.45) is 0 Å². The van der Waals surface area contributed by atoms with Crippen LogP contribution < -0.4 is 5.32 Å². The number of para-hydroxylation sites is 1. The zero-order valence-corrected chi connectivity index (χ0v) is 16.3. The van der Waals surface area contributed by atoms with E-state index in [1.165, 1.54) is 23.1 Å². The molecule has 1 N–H and O–H groups in total. The normalized spacial score (nSPS) is 10.5. The van der Waals surface area contributed by atoms with Crippen LogP contribution in [0.25, 0.3) is 5.69 Å². The van der Waals surface area contributed by atoms with Crippen LogP contribution in [0.3, 0.4) is 0 Å². The fraction of sp³-hybridized carbons (Fsp3) is 0.111. The van der Waals surface area contributed by atoms with E-state index in [9.17, 15) is 9.59 Å². The zero-order chi connectivity index (χ0) is 18.5. The number of thioether (sulfide) groups is 1. The van der Waals surface area contributed by atoms with E-state index in [2.05, 4.69) is 10.4 Å². The molecule has 0 saturated heterocycles. The van der Waals surface area contributed by atoms with Crippen molar-refractivity contribution in [3.8, 4) is 5.69 Å². The van der Waals surface area contributed by atoms with E-state index in [1.807, 2.05) is 37.3 Å². The minimum Gasteiger partial charge on any atom is -0.292 e. The molecule has 1 heterocycles. The molecule has 0 radical (unpaired) electrons. The van der Waals surface area contributed by atoms with Crippen LogP contribution in [0.1, 0.15) is 15.9 Å². The number of benzene rings is 2. The van der Waals surface area contributed by atoms with Crippen molar-refractivity contribution in [3.05, 3.63) is 69.7 Å². The van der Waals surface area contributed by atoms with Crippen LogP contribution in [0.4, 0.5) is 0 Å². The second-order valence-electron chi connectivity index (χ2n) is 5.36. The van der Waals surface area contributed by atoms with E-state index in [1.54, 1.807) is 28.9 Å². The maximum absolute atomic E-state index is 12.0. The summed E-state index contributed by atoms with van der Waals surface area (Å²) in [6.45, 7) is 1.99. The van der Waals surface area contributed by atoms with Crippen LogP contribution in [0.15, 0.2) is 58.9 Å². The third-order valence-electron chi connectivity index (χ3n) is 3.49. The smallest absolute Gasteiger partial charge is 0.257 e. The zero-order valence-electron chi connectivity index (χ0n) is 13.8. The van der Waals surface area contributed by atoms with Gasteiger partial charge in [-0.1, -0.05) is 59.5 Å². The first kappa shape index (κ1) is 18.5. The molecule has 0 aliphatic carbocycles. The molecule has 0 unspecified atom stereocenters. The number of hydrogen-bond donors (Lipinski definition) is 1. The summed E-state index contributed by atoms with van der Waals surface area (Å²) in [5.41, 5.74) is 2.44. The van der Waals surface area contributed by atoms with Crippen molar-refractivity contribution in [1.29, 1.82) is 0 Å². The molecule has 3 aromatic rings. The molecule has 8 heteroatoms. The Hall–Kier alpha value is -2.29. The number of carbonyl (C=O) groups excluding carboxylic acids is 2. The topological polar surface area (TPSA) is 64.0 Å². The summed E-state index contributed by atoms with van der Waals surface area (Å²) < 4.78 is 2.99. The molecular weight excluding hydrogens is 386 g/mol. The summed E-state index contributed by atoms with van der Waals surface area (Å²) in [6.07, 6.45) is 0. The molecule has 1 aromatic heterocycles. The van der Waals surface area contributed by atoms with E-state index >= 15 is 0 Å². The van der Waals surface area contributed by atoms with Gasteiger partial charge in [0.25, 0.3) is 5.91 Å². The number of imide groups is 1. The third-order valence-corrected chi connectivity index (χ3v) is 5.85. The average molecular weight is 402 g/mol. The lowest BCUT2D eigenvalue weighted by Gasteiger charge is -2.04. The van der Waals surface area contributed by atoms with Crippen LogP contribution in [0.5, 0.6) is 0 Å². The van der Waals surface area contributed by atoms with E-state index in [0.29, 0.717) is 13.9 Å². The molecule has 0 saturated carbocycles. The average Bonchev–Trinajstić information content (AvgIpc) is 3.01. The molecule has 26 heavy (non-hydrogen) atoms. The van der Waals surface area contributed by atoms with Crippen molar-refractivity contribution >= 4 is 47.1 Å². The summed E-state index contributed by atoms with van der Waals surface area (Å²) in [5, 5.41) is 6.85. The Morgan fingerprint density at radius 2 is 1.85 bits per heavy atom. The summed E-state index contributed by atoms with van der Waals surface area (Å²) in [7, 11) is 0. The van der Waals surface area contributed by atoms with Gasteiger partial charge in [-0.15, -0.1) is 5.10 Å². The first-order valence-electron chi connectivity index (χ1n) is 7.73. The Balaban J connectivity index is 1.63. The van der Waals surface area contributed by atoms with E-state index in [0.717, 1.165) is 11.3 Å². The molecule has 0 fully saturated rings. The molecule has 132 valence electrons. The van der Waals surface area contributed by atoms with Crippen molar-refractivity contribution in [1.82, 2.24) is 15.1 Å². The number of rotatable bonds is 5. The number of hydrogen-bond acceptors (Lipinski definition) is 6. The lowest BCUT2D eigenvalue weighted by atomic mass is 10.2. The van der Waals surface area contributed by atoms with E-state index in [4.69, 9.17) is 12.2 Å². The summed E-state index contributed by atoms with van der Waals surface area (Å²) in [4.78, 5) is 24.0. The molecule has 0 bridgehead atoms. The second kappa shape index (κ2) is 8.39. The highest BCUT2D eigenvalue weighted by atomic mass is 32.2. The first-order valence-corrected chi connectivity index (χ1v) is 9.94. The third kappa shape index (κ3) is 4.46. The highest BCUT2D eigenvalue weighted by molar-refractivity contribution is 8.01. The van der Waals surface area contributed by atoms with Gasteiger partial charge in [0.05, 0.1) is 11.4 Å². The predicted octanol–water partition coefficient (Wildman–Crippen LogP) is 4.02. The molecule has 3 rings (SSSR count). The van der Waals surface area contributed by atoms with E-state index < -0.39 is 5.91 Å². The number of nitrogens with zero attached hydrogens (tertiary/aromatic N) is 2. The lowest BCUT2D eigenvalue weighted by Crippen LogP contribution is -2.31. The van der Waals surface area contributed by atoms with Gasteiger partial charge in [0, 0.05) is 5.56 Å². The Morgan fingerprint density at radius 1 is 1.15 bits per heavy atom. The van der Waals surface area contributed by atoms with Gasteiger partial charge in [0.1, 0.15) is 0 Å². The number of aryl methyl sites for hydroxylation is 1. The van der Waals surface area contributed by atoms with Gasteiger partial charge in [-0.25, -0.2) is 4.68 Å². The van der Waals surface area contributed by atoms with Gasteiger partial charge in [0.2, 0.25) is 5.91 Å². The van der Waals surface area contributed by atoms with Crippen molar-refractivity contribution in [2.75, 3.05) is 5.75 Å². The Kier molecular flexibility index (Phi) is 5.97. The first-order chi connectivity index (χ1) is 12.5. The fourth-order valence-electron chi connectivity index (χ4n) is 2.22. The molecule has 0 aliphatic rings. The molecular formula is C18H15N3O2S3.